The van der Waals surface area contributed by atoms with Crippen LogP contribution in [0.4, 0.5) is 0 Å². The van der Waals surface area contributed by atoms with E-state index in [1.165, 1.54) is 43.3 Å². The van der Waals surface area contributed by atoms with Gasteiger partial charge >= 0.3 is 0 Å². The zero-order valence-electron chi connectivity index (χ0n) is 49.7. The predicted molar refractivity (Wildman–Crippen MR) is 318 cm³/mol. The van der Waals surface area contributed by atoms with Crippen molar-refractivity contribution in [3.05, 3.63) is 108 Å². The van der Waals surface area contributed by atoms with Crippen LogP contribution in [-0.2, 0) is 28.8 Å². The van der Waals surface area contributed by atoms with Crippen molar-refractivity contribution >= 4 is 41.4 Å². The molecule has 15 atom stereocenters. The van der Waals surface area contributed by atoms with Gasteiger partial charge < -0.3 is 86.9 Å². The minimum Gasteiger partial charge on any atom is -0.508 e. The number of phenolic OH excluding ortho intramolecular Hbond substituents is 1. The fraction of sp³-hybridized carbons (Fsp3) is 0.500. The lowest BCUT2D eigenvalue weighted by atomic mass is 9.96. The number of hydrogen-bond donors (Lipinski definition) is 14. The number of nitrogens with zero attached hydrogens (tertiary/aromatic N) is 3. The molecule has 25 nitrogen and oxygen atoms in total. The number of carbonyl (C=O) groups excluding carboxylic acids is 7. The van der Waals surface area contributed by atoms with Crippen LogP contribution in [0.3, 0.4) is 0 Å². The average Bonchev–Trinajstić information content (AvgIpc) is 2.34. The van der Waals surface area contributed by atoms with Crippen molar-refractivity contribution in [3.63, 3.8) is 0 Å². The Balaban J connectivity index is 1.22. The topological polar surface area (TPSA) is 372 Å². The lowest BCUT2D eigenvalue weighted by Crippen LogP contribution is -2.64. The normalized spacial score (nSPS) is 26.7. The third kappa shape index (κ3) is 16.9. The van der Waals surface area contributed by atoms with E-state index in [9.17, 15) is 74.4 Å². The maximum atomic E-state index is 14.8. The summed E-state index contributed by atoms with van der Waals surface area (Å²) in [4.78, 5) is 106. The molecule has 3 aliphatic rings. The summed E-state index contributed by atoms with van der Waals surface area (Å²) in [6.45, 7) is 6.12. The third-order valence-corrected chi connectivity index (χ3v) is 16.0. The second-order valence-corrected chi connectivity index (χ2v) is 23.1. The van der Waals surface area contributed by atoms with Gasteiger partial charge in [-0.1, -0.05) is 87.4 Å². The molecular formula is C62H83N9O16. The van der Waals surface area contributed by atoms with E-state index < -0.39 is 152 Å². The van der Waals surface area contributed by atoms with Crippen LogP contribution in [0.15, 0.2) is 97.1 Å². The van der Waals surface area contributed by atoms with Crippen LogP contribution in [0.2, 0.25) is 0 Å². The van der Waals surface area contributed by atoms with Crippen LogP contribution < -0.4 is 36.6 Å². The van der Waals surface area contributed by atoms with Crippen LogP contribution in [0.1, 0.15) is 81.8 Å². The maximum Gasteiger partial charge on any atom is 0.251 e. The molecule has 87 heavy (non-hydrogen) atoms. The second kappa shape index (κ2) is 30.4. The van der Waals surface area contributed by atoms with Crippen molar-refractivity contribution in [2.75, 3.05) is 46.9 Å². The summed E-state index contributed by atoms with van der Waals surface area (Å²) in [5.74, 6) is -8.07. The van der Waals surface area contributed by atoms with Gasteiger partial charge in [0.1, 0.15) is 66.1 Å². The molecule has 7 amide bonds. The van der Waals surface area contributed by atoms with E-state index in [2.05, 4.69) is 38.8 Å². The number of fused-ring (bicyclic) bond motifs is 2. The smallest absolute Gasteiger partial charge is 0.251 e. The number of ether oxygens (including phenoxy) is 1. The van der Waals surface area contributed by atoms with Crippen LogP contribution in [0.5, 0.6) is 11.5 Å². The van der Waals surface area contributed by atoms with Crippen LogP contribution in [0, 0.1) is 5.92 Å². The predicted octanol–water partition coefficient (Wildman–Crippen LogP) is -0.768. The number of amides is 7. The third-order valence-electron chi connectivity index (χ3n) is 16.0. The number of aromatic hydroxyl groups is 1. The standard InChI is InChI=1S/C62H83N9O16/c1-7-8-9-28-87-44-24-20-39(21-25-44)37-12-10-36(11-13-37)38-14-16-41(17-15-38)56(80)64-45-30-47(76)55(63-26-27-69(5)6)68-60(84)51-52(77)33(2)31-71(51)62(86)49(35(4)73)66-59(83)50(54(79)53(78)40-18-22-42(74)23-19-40)67-58(82)46-29-43(75)32-70(46)61(85)48(34(3)72)65-57(45)81/h10-25,33-35,43,45-55,63,72-79H,7-9,26-32H2,1-6H3,(H,64,80)(H,65,81)(H,66,83)(H,67,82)(H,68,84)/t33-,34+,35+,43+,45-,46?,47+,48?,49?,50?,51?,52-,53-,54-,55?/m0/s1. The molecule has 4 aromatic carbocycles. The number of aliphatic hydroxyl groups excluding tert-OH is 7. The number of hydrogen-bond acceptors (Lipinski definition) is 18. The van der Waals surface area contributed by atoms with E-state index in [1.807, 2.05) is 48.5 Å². The number of likely N-dealkylation sites (N-methyl/N-ethyl adjacent to an activating group) is 1. The first-order valence-electron chi connectivity index (χ1n) is 29.4. The quantitative estimate of drug-likeness (QED) is 0.0544. The van der Waals surface area contributed by atoms with Gasteiger partial charge in [-0.25, -0.2) is 0 Å². The Bertz CT molecular complexity index is 2990. The fourth-order valence-electron chi connectivity index (χ4n) is 10.9. The summed E-state index contributed by atoms with van der Waals surface area (Å²) in [5.41, 5.74) is 3.51. The van der Waals surface area contributed by atoms with Gasteiger partial charge in [-0.05, 0) is 98.6 Å². The SMILES string of the molecule is CCCCCOc1ccc(-c2ccc(-c3ccc(C(=O)N[C@H]4C[C@@H](O)C(NCCN(C)C)NC(=O)C5[C@@H](O)[C@@H](C)CN5C(=O)C([C@@H](C)O)NC(=O)C([C@H](O)[C@@H](O)c5ccc(O)cc5)NC(=O)C5C[C@@H](O)CN5C(=O)C([C@@H](C)O)NC4=O)cc3)cc2)cc1. The lowest BCUT2D eigenvalue weighted by molar-refractivity contribution is -0.148. The molecule has 3 fully saturated rings. The summed E-state index contributed by atoms with van der Waals surface area (Å²) < 4.78 is 5.87. The number of benzene rings is 4. The van der Waals surface area contributed by atoms with Gasteiger partial charge in [-0.3, -0.25) is 38.9 Å². The zero-order valence-corrected chi connectivity index (χ0v) is 49.7. The molecule has 0 saturated carbocycles. The Hall–Kier alpha value is -7.59. The maximum absolute atomic E-state index is 14.8. The molecule has 0 bridgehead atoms. The highest BCUT2D eigenvalue weighted by molar-refractivity contribution is 6.00. The molecule has 0 aliphatic carbocycles. The number of nitrogens with one attached hydrogen (secondary N) is 6. The van der Waals surface area contributed by atoms with Crippen molar-refractivity contribution in [2.24, 2.45) is 5.92 Å². The van der Waals surface area contributed by atoms with E-state index in [0.717, 1.165) is 70.9 Å². The van der Waals surface area contributed by atoms with Gasteiger partial charge in [-0.2, -0.15) is 0 Å². The molecule has 0 spiro atoms. The van der Waals surface area contributed by atoms with Crippen LogP contribution in [-0.4, -0.2) is 223 Å². The molecule has 0 aromatic heterocycles. The highest BCUT2D eigenvalue weighted by Gasteiger charge is 2.50. The monoisotopic (exact) mass is 1210 g/mol. The molecule has 25 heteroatoms. The van der Waals surface area contributed by atoms with Gasteiger partial charge in [0.15, 0.2) is 0 Å². The second-order valence-electron chi connectivity index (χ2n) is 23.1. The number of aliphatic hydroxyl groups is 7. The first-order valence-corrected chi connectivity index (χ1v) is 29.4. The molecule has 0 radical (unpaired) electrons. The van der Waals surface area contributed by atoms with Gasteiger partial charge in [-0.15, -0.1) is 0 Å². The van der Waals surface area contributed by atoms with Gasteiger partial charge in [0.2, 0.25) is 35.4 Å². The van der Waals surface area contributed by atoms with Crippen molar-refractivity contribution in [1.29, 1.82) is 0 Å². The van der Waals surface area contributed by atoms with Crippen molar-refractivity contribution in [1.82, 2.24) is 46.6 Å². The largest absolute Gasteiger partial charge is 0.508 e. The summed E-state index contributed by atoms with van der Waals surface area (Å²) in [5, 5.41) is 106. The van der Waals surface area contributed by atoms with Crippen molar-refractivity contribution in [3.8, 4) is 33.8 Å². The Labute approximate surface area is 505 Å². The van der Waals surface area contributed by atoms with E-state index in [4.69, 9.17) is 4.74 Å². The molecule has 3 saturated heterocycles. The van der Waals surface area contributed by atoms with E-state index >= 15 is 0 Å². The van der Waals surface area contributed by atoms with Crippen molar-refractivity contribution in [2.45, 2.75) is 145 Å². The summed E-state index contributed by atoms with van der Waals surface area (Å²) in [6.07, 6.45) is -12.1. The molecule has 7 rings (SSSR count). The molecule has 3 heterocycles. The molecule has 4 aromatic rings. The van der Waals surface area contributed by atoms with E-state index in [1.54, 1.807) is 31.1 Å². The first-order chi connectivity index (χ1) is 41.4. The number of carbonyl (C=O) groups is 7. The minimum absolute atomic E-state index is 0.0585. The number of unbranched alkanes of at least 4 members (excludes halogenated alkanes) is 2. The highest BCUT2D eigenvalue weighted by atomic mass is 16.5. The zero-order chi connectivity index (χ0) is 63.4. The summed E-state index contributed by atoms with van der Waals surface area (Å²) in [6, 6.07) is 15.5. The van der Waals surface area contributed by atoms with Crippen LogP contribution in [0.25, 0.3) is 22.3 Å². The lowest BCUT2D eigenvalue weighted by Gasteiger charge is -2.34. The number of phenols is 1. The van der Waals surface area contributed by atoms with E-state index in [0.29, 0.717) is 13.2 Å². The molecular weight excluding hydrogens is 1130 g/mol. The molecule has 6 unspecified atom stereocenters. The Morgan fingerprint density at radius 2 is 1.21 bits per heavy atom. The molecule has 3 aliphatic heterocycles. The first kappa shape index (κ1) is 66.9. The Morgan fingerprint density at radius 3 is 1.77 bits per heavy atom. The Kier molecular flexibility index (Phi) is 23.4. The Morgan fingerprint density at radius 1 is 0.667 bits per heavy atom. The van der Waals surface area contributed by atoms with E-state index in [-0.39, 0.29) is 30.0 Å². The van der Waals surface area contributed by atoms with Gasteiger partial charge in [0.05, 0.1) is 37.1 Å². The highest BCUT2D eigenvalue weighted by Crippen LogP contribution is 2.30. The summed E-state index contributed by atoms with van der Waals surface area (Å²) >= 11 is 0. The summed E-state index contributed by atoms with van der Waals surface area (Å²) in [7, 11) is 3.51. The molecule has 14 N–H and O–H groups in total. The number of rotatable bonds is 18. The average molecular weight is 1210 g/mol. The molecule has 472 valence electrons. The van der Waals surface area contributed by atoms with Gasteiger partial charge in [0, 0.05) is 50.5 Å². The van der Waals surface area contributed by atoms with Crippen molar-refractivity contribution < 1.29 is 79.2 Å². The van der Waals surface area contributed by atoms with Crippen LogP contribution >= 0.6 is 0 Å². The van der Waals surface area contributed by atoms with Gasteiger partial charge in [0.25, 0.3) is 5.91 Å². The fourth-order valence-corrected chi connectivity index (χ4v) is 10.9. The minimum atomic E-state index is -2.28.